The highest BCUT2D eigenvalue weighted by Crippen LogP contribution is 2.38. The minimum atomic E-state index is -0.130. The van der Waals surface area contributed by atoms with Crippen LogP contribution in [-0.4, -0.2) is 56.2 Å². The van der Waals surface area contributed by atoms with Crippen LogP contribution in [0.25, 0.3) is 16.3 Å². The van der Waals surface area contributed by atoms with Crippen LogP contribution in [0.1, 0.15) is 12.0 Å². The number of benzene rings is 2. The lowest BCUT2D eigenvalue weighted by Crippen LogP contribution is -2.32. The Labute approximate surface area is 190 Å². The Kier molecular flexibility index (Phi) is 6.75. The van der Waals surface area contributed by atoms with Crippen molar-refractivity contribution in [2.45, 2.75) is 6.42 Å². The van der Waals surface area contributed by atoms with E-state index in [-0.39, 0.29) is 5.91 Å². The summed E-state index contributed by atoms with van der Waals surface area (Å²) in [7, 11) is 4.04. The number of hydrogen-bond acceptors (Lipinski definition) is 6. The Morgan fingerprint density at radius 2 is 1.90 bits per heavy atom. The Bertz CT molecular complexity index is 1070. The smallest absolute Gasteiger partial charge is 0.252 e. The zero-order valence-electron chi connectivity index (χ0n) is 17.5. The van der Waals surface area contributed by atoms with Gasteiger partial charge in [-0.25, -0.2) is 4.98 Å². The summed E-state index contributed by atoms with van der Waals surface area (Å²) >= 11 is 7.70. The van der Waals surface area contributed by atoms with Gasteiger partial charge in [-0.1, -0.05) is 41.1 Å². The standard InChI is InChI=1S/C23H24ClN3O3S/c1-26(2)10-5-11-27(22(28)9-8-16-6-3-4-7-17(16)24)23-25-18-14-19-20(15-21(18)31-23)30-13-12-29-19/h3-4,6-9,14-15H,5,10-13H2,1-2H3/b9-8+. The van der Waals surface area contributed by atoms with E-state index in [1.54, 1.807) is 23.1 Å². The van der Waals surface area contributed by atoms with Crippen LogP contribution in [0.5, 0.6) is 11.5 Å². The molecule has 1 aromatic heterocycles. The highest BCUT2D eigenvalue weighted by atomic mass is 35.5. The van der Waals surface area contributed by atoms with E-state index in [1.165, 1.54) is 11.3 Å². The number of thiazole rings is 1. The normalized spacial score (nSPS) is 13.3. The van der Waals surface area contributed by atoms with Crippen LogP contribution in [0.3, 0.4) is 0 Å². The molecule has 0 radical (unpaired) electrons. The molecule has 6 nitrogen and oxygen atoms in total. The van der Waals surface area contributed by atoms with Gasteiger partial charge in [0, 0.05) is 29.8 Å². The molecule has 1 aliphatic rings. The van der Waals surface area contributed by atoms with Gasteiger partial charge in [-0.15, -0.1) is 0 Å². The number of carbonyl (C=O) groups is 1. The van der Waals surface area contributed by atoms with Gasteiger partial charge in [-0.05, 0) is 44.8 Å². The lowest BCUT2D eigenvalue weighted by atomic mass is 10.2. The van der Waals surface area contributed by atoms with Gasteiger partial charge in [-0.2, -0.15) is 0 Å². The van der Waals surface area contributed by atoms with E-state index in [1.807, 2.05) is 44.4 Å². The monoisotopic (exact) mass is 457 g/mol. The average Bonchev–Trinajstić information content (AvgIpc) is 3.16. The lowest BCUT2D eigenvalue weighted by molar-refractivity contribution is -0.114. The van der Waals surface area contributed by atoms with Crippen LogP contribution < -0.4 is 14.4 Å². The molecule has 0 saturated heterocycles. The second-order valence-electron chi connectivity index (χ2n) is 7.46. The molecule has 4 rings (SSSR count). The molecule has 0 atom stereocenters. The molecule has 0 N–H and O–H groups in total. The number of amides is 1. The summed E-state index contributed by atoms with van der Waals surface area (Å²) < 4.78 is 12.3. The van der Waals surface area contributed by atoms with Crippen molar-refractivity contribution in [3.8, 4) is 11.5 Å². The number of nitrogens with zero attached hydrogens (tertiary/aromatic N) is 3. The van der Waals surface area contributed by atoms with Crippen LogP contribution >= 0.6 is 22.9 Å². The van der Waals surface area contributed by atoms with E-state index in [2.05, 4.69) is 4.90 Å². The third-order valence-corrected chi connectivity index (χ3v) is 6.22. The lowest BCUT2D eigenvalue weighted by Gasteiger charge is -2.19. The highest BCUT2D eigenvalue weighted by molar-refractivity contribution is 7.22. The van der Waals surface area contributed by atoms with Gasteiger partial charge in [0.15, 0.2) is 16.6 Å². The molecule has 2 heterocycles. The molecule has 31 heavy (non-hydrogen) atoms. The number of carbonyl (C=O) groups excluding carboxylic acids is 1. The Morgan fingerprint density at radius 1 is 1.16 bits per heavy atom. The molecule has 3 aromatic rings. The van der Waals surface area contributed by atoms with Crippen LogP contribution in [-0.2, 0) is 4.79 Å². The maximum absolute atomic E-state index is 13.1. The molecule has 1 amide bonds. The molecule has 0 bridgehead atoms. The fourth-order valence-corrected chi connectivity index (χ4v) is 4.48. The fraction of sp³-hybridized carbons (Fsp3) is 0.304. The Morgan fingerprint density at radius 3 is 2.65 bits per heavy atom. The third kappa shape index (κ3) is 5.18. The first-order chi connectivity index (χ1) is 15.0. The SMILES string of the molecule is CN(C)CCCN(C(=O)/C=C/c1ccccc1Cl)c1nc2cc3c(cc2s1)OCCO3. The summed E-state index contributed by atoms with van der Waals surface area (Å²) in [6, 6.07) is 11.3. The molecule has 0 saturated carbocycles. The minimum Gasteiger partial charge on any atom is -0.486 e. The van der Waals surface area contributed by atoms with E-state index >= 15 is 0 Å². The number of rotatable bonds is 7. The molecule has 2 aromatic carbocycles. The number of anilines is 1. The summed E-state index contributed by atoms with van der Waals surface area (Å²) in [6.45, 7) is 2.50. The van der Waals surface area contributed by atoms with Crippen molar-refractivity contribution >= 4 is 50.3 Å². The van der Waals surface area contributed by atoms with Crippen LogP contribution in [0, 0.1) is 0 Å². The topological polar surface area (TPSA) is 54.9 Å². The Balaban J connectivity index is 1.62. The number of halogens is 1. The molecule has 0 unspecified atom stereocenters. The van der Waals surface area contributed by atoms with Gasteiger partial charge >= 0.3 is 0 Å². The Hall–Kier alpha value is -2.61. The van der Waals surface area contributed by atoms with E-state index in [0.29, 0.717) is 35.7 Å². The maximum Gasteiger partial charge on any atom is 0.252 e. The van der Waals surface area contributed by atoms with E-state index in [4.69, 9.17) is 26.1 Å². The van der Waals surface area contributed by atoms with Gasteiger partial charge in [-0.3, -0.25) is 9.69 Å². The van der Waals surface area contributed by atoms with Gasteiger partial charge in [0.05, 0.1) is 10.2 Å². The maximum atomic E-state index is 13.1. The first-order valence-corrected chi connectivity index (χ1v) is 11.3. The number of hydrogen-bond donors (Lipinski definition) is 0. The fourth-order valence-electron chi connectivity index (χ4n) is 3.27. The van der Waals surface area contributed by atoms with E-state index in [0.717, 1.165) is 34.5 Å². The first-order valence-electron chi connectivity index (χ1n) is 10.1. The molecular formula is C23H24ClN3O3S. The quantitative estimate of drug-likeness (QED) is 0.480. The molecule has 1 aliphatic heterocycles. The van der Waals surface area contributed by atoms with Crippen molar-refractivity contribution in [2.75, 3.05) is 45.3 Å². The molecular weight excluding hydrogens is 434 g/mol. The zero-order valence-corrected chi connectivity index (χ0v) is 19.1. The van der Waals surface area contributed by atoms with Crippen molar-refractivity contribution in [1.82, 2.24) is 9.88 Å². The molecule has 0 spiro atoms. The van der Waals surface area contributed by atoms with Crippen molar-refractivity contribution < 1.29 is 14.3 Å². The van der Waals surface area contributed by atoms with Crippen molar-refractivity contribution in [3.05, 3.63) is 53.1 Å². The van der Waals surface area contributed by atoms with Crippen LogP contribution in [0.2, 0.25) is 5.02 Å². The van der Waals surface area contributed by atoms with E-state index < -0.39 is 0 Å². The number of ether oxygens (including phenoxy) is 2. The highest BCUT2D eigenvalue weighted by Gasteiger charge is 2.20. The summed E-state index contributed by atoms with van der Waals surface area (Å²) in [5.74, 6) is 1.28. The third-order valence-electron chi connectivity index (χ3n) is 4.84. The molecule has 8 heteroatoms. The minimum absolute atomic E-state index is 0.130. The van der Waals surface area contributed by atoms with Gasteiger partial charge in [0.1, 0.15) is 13.2 Å². The number of fused-ring (bicyclic) bond motifs is 2. The zero-order chi connectivity index (χ0) is 21.8. The second kappa shape index (κ2) is 9.68. The summed E-state index contributed by atoms with van der Waals surface area (Å²) in [4.78, 5) is 21.7. The molecule has 0 aliphatic carbocycles. The predicted octanol–water partition coefficient (Wildman–Crippen LogP) is 4.72. The van der Waals surface area contributed by atoms with Crippen molar-refractivity contribution in [3.63, 3.8) is 0 Å². The summed E-state index contributed by atoms with van der Waals surface area (Å²) in [6.07, 6.45) is 4.13. The van der Waals surface area contributed by atoms with Gasteiger partial charge < -0.3 is 14.4 Å². The van der Waals surface area contributed by atoms with Crippen LogP contribution in [0.4, 0.5) is 5.13 Å². The van der Waals surface area contributed by atoms with Crippen LogP contribution in [0.15, 0.2) is 42.5 Å². The average molecular weight is 458 g/mol. The predicted molar refractivity (Wildman–Crippen MR) is 127 cm³/mol. The van der Waals surface area contributed by atoms with Crippen molar-refractivity contribution in [1.29, 1.82) is 0 Å². The largest absolute Gasteiger partial charge is 0.486 e. The molecule has 0 fully saturated rings. The molecule has 162 valence electrons. The summed E-state index contributed by atoms with van der Waals surface area (Å²) in [5.41, 5.74) is 1.60. The van der Waals surface area contributed by atoms with Crippen molar-refractivity contribution in [2.24, 2.45) is 0 Å². The second-order valence-corrected chi connectivity index (χ2v) is 8.88. The number of aromatic nitrogens is 1. The van der Waals surface area contributed by atoms with Gasteiger partial charge in [0.25, 0.3) is 5.91 Å². The first kappa shape index (κ1) is 21.6. The summed E-state index contributed by atoms with van der Waals surface area (Å²) in [5, 5.41) is 1.26. The van der Waals surface area contributed by atoms with Gasteiger partial charge in [0.2, 0.25) is 0 Å². The van der Waals surface area contributed by atoms with E-state index in [9.17, 15) is 4.79 Å².